The molecular formula is C17H28N2O4. The SMILES string of the molecule is CC(CCN)CC(C)(C)CN.O=C(O)c1ccc(C(=O)O)cc1. The minimum Gasteiger partial charge on any atom is -0.478 e. The Morgan fingerprint density at radius 2 is 1.43 bits per heavy atom. The fourth-order valence-corrected chi connectivity index (χ4v) is 2.17. The number of benzene rings is 1. The van der Waals surface area contributed by atoms with E-state index >= 15 is 0 Å². The van der Waals surface area contributed by atoms with Crippen molar-refractivity contribution >= 4 is 11.9 Å². The lowest BCUT2D eigenvalue weighted by Gasteiger charge is -2.25. The summed E-state index contributed by atoms with van der Waals surface area (Å²) in [6, 6.07) is 5.02. The number of carboxylic acids is 2. The van der Waals surface area contributed by atoms with Gasteiger partial charge in [0, 0.05) is 0 Å². The van der Waals surface area contributed by atoms with Crippen molar-refractivity contribution in [2.24, 2.45) is 22.8 Å². The van der Waals surface area contributed by atoms with Crippen molar-refractivity contribution in [3.63, 3.8) is 0 Å². The molecule has 0 radical (unpaired) electrons. The fraction of sp³-hybridized carbons (Fsp3) is 0.529. The van der Waals surface area contributed by atoms with Crippen LogP contribution in [0.3, 0.4) is 0 Å². The first-order chi connectivity index (χ1) is 10.6. The van der Waals surface area contributed by atoms with Crippen LogP contribution in [0.2, 0.25) is 0 Å². The summed E-state index contributed by atoms with van der Waals surface area (Å²) in [6.45, 7) is 8.22. The van der Waals surface area contributed by atoms with Crippen molar-refractivity contribution in [2.45, 2.75) is 33.6 Å². The summed E-state index contributed by atoms with van der Waals surface area (Å²) in [6.07, 6.45) is 2.30. The Labute approximate surface area is 137 Å². The van der Waals surface area contributed by atoms with Crippen molar-refractivity contribution in [1.82, 2.24) is 0 Å². The van der Waals surface area contributed by atoms with Crippen LogP contribution in [-0.2, 0) is 0 Å². The lowest BCUT2D eigenvalue weighted by Crippen LogP contribution is -2.26. The van der Waals surface area contributed by atoms with Crippen molar-refractivity contribution < 1.29 is 19.8 Å². The van der Waals surface area contributed by atoms with Crippen LogP contribution in [0.5, 0.6) is 0 Å². The van der Waals surface area contributed by atoms with Gasteiger partial charge >= 0.3 is 11.9 Å². The van der Waals surface area contributed by atoms with E-state index in [1.807, 2.05) is 0 Å². The van der Waals surface area contributed by atoms with Gasteiger partial charge in [0.2, 0.25) is 0 Å². The molecule has 1 atom stereocenters. The summed E-state index contributed by atoms with van der Waals surface area (Å²) in [7, 11) is 0. The molecule has 1 rings (SSSR count). The van der Waals surface area contributed by atoms with E-state index in [-0.39, 0.29) is 16.5 Å². The molecule has 0 heterocycles. The molecule has 0 aliphatic carbocycles. The molecule has 1 unspecified atom stereocenters. The summed E-state index contributed by atoms with van der Waals surface area (Å²) in [4.78, 5) is 20.7. The highest BCUT2D eigenvalue weighted by Crippen LogP contribution is 2.24. The van der Waals surface area contributed by atoms with Crippen molar-refractivity contribution in [3.05, 3.63) is 35.4 Å². The van der Waals surface area contributed by atoms with E-state index in [2.05, 4.69) is 20.8 Å². The standard InChI is InChI=1S/C9H22N2.C8H6O4/c1-8(4-5-10)6-9(2,3)7-11;9-7(10)5-1-2-6(4-3-5)8(11)12/h8H,4-7,10-11H2,1-3H3;1-4H,(H,9,10)(H,11,12). The lowest BCUT2D eigenvalue weighted by atomic mass is 9.82. The van der Waals surface area contributed by atoms with E-state index in [1.54, 1.807) is 0 Å². The molecule has 0 aromatic heterocycles. The lowest BCUT2D eigenvalue weighted by molar-refractivity contribution is 0.0681. The molecule has 0 fully saturated rings. The number of carbonyl (C=O) groups is 2. The topological polar surface area (TPSA) is 127 Å². The maximum atomic E-state index is 10.3. The minimum absolute atomic E-state index is 0.0833. The van der Waals surface area contributed by atoms with Gasteiger partial charge in [0.1, 0.15) is 0 Å². The predicted molar refractivity (Wildman–Crippen MR) is 90.6 cm³/mol. The Morgan fingerprint density at radius 3 is 1.70 bits per heavy atom. The van der Waals surface area contributed by atoms with E-state index in [4.69, 9.17) is 21.7 Å². The second kappa shape index (κ2) is 9.97. The normalized spacial score (nSPS) is 12.0. The Kier molecular flexibility index (Phi) is 9.14. The second-order valence-corrected chi connectivity index (χ2v) is 6.44. The van der Waals surface area contributed by atoms with Crippen molar-refractivity contribution in [3.8, 4) is 0 Å². The molecule has 0 aliphatic heterocycles. The highest BCUT2D eigenvalue weighted by molar-refractivity contribution is 5.91. The van der Waals surface area contributed by atoms with Crippen molar-refractivity contribution in [1.29, 1.82) is 0 Å². The smallest absolute Gasteiger partial charge is 0.335 e. The van der Waals surface area contributed by atoms with Gasteiger partial charge in [-0.3, -0.25) is 0 Å². The first-order valence-electron chi connectivity index (χ1n) is 7.59. The van der Waals surface area contributed by atoms with Gasteiger partial charge in [-0.05, 0) is 61.5 Å². The number of aromatic carboxylic acids is 2. The Bertz CT molecular complexity index is 465. The Balaban J connectivity index is 0.000000423. The van der Waals surface area contributed by atoms with Gasteiger partial charge in [-0.15, -0.1) is 0 Å². The van der Waals surface area contributed by atoms with Crippen LogP contribution < -0.4 is 11.5 Å². The van der Waals surface area contributed by atoms with Gasteiger partial charge < -0.3 is 21.7 Å². The van der Waals surface area contributed by atoms with E-state index in [9.17, 15) is 9.59 Å². The zero-order chi connectivity index (χ0) is 18.0. The number of nitrogens with two attached hydrogens (primary N) is 2. The van der Waals surface area contributed by atoms with Crippen molar-refractivity contribution in [2.75, 3.05) is 13.1 Å². The Hall–Kier alpha value is -1.92. The van der Waals surface area contributed by atoms with E-state index in [1.165, 1.54) is 30.7 Å². The molecule has 0 spiro atoms. The van der Waals surface area contributed by atoms with Crippen LogP contribution in [0.4, 0.5) is 0 Å². The van der Waals surface area contributed by atoms with Crippen LogP contribution in [0.25, 0.3) is 0 Å². The first-order valence-corrected chi connectivity index (χ1v) is 7.59. The van der Waals surface area contributed by atoms with Crippen LogP contribution in [0.1, 0.15) is 54.3 Å². The number of hydrogen-bond donors (Lipinski definition) is 4. The molecule has 0 saturated heterocycles. The molecule has 1 aromatic carbocycles. The summed E-state index contributed by atoms with van der Waals surface area (Å²) in [5.41, 5.74) is 11.5. The van der Waals surface area contributed by atoms with Gasteiger partial charge in [0.15, 0.2) is 0 Å². The fourth-order valence-electron chi connectivity index (χ4n) is 2.17. The third-order valence-corrected chi connectivity index (χ3v) is 3.49. The summed E-state index contributed by atoms with van der Waals surface area (Å²) in [5.74, 6) is -1.42. The predicted octanol–water partition coefficient (Wildman–Crippen LogP) is 2.43. The highest BCUT2D eigenvalue weighted by atomic mass is 16.4. The van der Waals surface area contributed by atoms with Gasteiger partial charge in [-0.25, -0.2) is 9.59 Å². The molecule has 23 heavy (non-hydrogen) atoms. The summed E-state index contributed by atoms with van der Waals surface area (Å²) >= 11 is 0. The largest absolute Gasteiger partial charge is 0.478 e. The molecule has 0 saturated carbocycles. The third-order valence-electron chi connectivity index (χ3n) is 3.49. The van der Waals surface area contributed by atoms with E-state index < -0.39 is 11.9 Å². The highest BCUT2D eigenvalue weighted by Gasteiger charge is 2.18. The number of hydrogen-bond acceptors (Lipinski definition) is 4. The zero-order valence-electron chi connectivity index (χ0n) is 14.1. The minimum atomic E-state index is -1.06. The quantitative estimate of drug-likeness (QED) is 0.610. The average Bonchev–Trinajstić information content (AvgIpc) is 2.47. The molecule has 0 bridgehead atoms. The third kappa shape index (κ3) is 8.95. The summed E-state index contributed by atoms with van der Waals surface area (Å²) in [5, 5.41) is 16.9. The molecule has 6 heteroatoms. The Morgan fingerprint density at radius 1 is 1.04 bits per heavy atom. The van der Waals surface area contributed by atoms with Crippen LogP contribution >= 0.6 is 0 Å². The van der Waals surface area contributed by atoms with Gasteiger partial charge in [0.05, 0.1) is 11.1 Å². The molecule has 0 amide bonds. The molecule has 1 aromatic rings. The number of rotatable bonds is 7. The number of carboxylic acid groups (broad SMARTS) is 2. The monoisotopic (exact) mass is 324 g/mol. The van der Waals surface area contributed by atoms with Gasteiger partial charge in [-0.2, -0.15) is 0 Å². The van der Waals surface area contributed by atoms with E-state index in [0.717, 1.165) is 19.5 Å². The summed E-state index contributed by atoms with van der Waals surface area (Å²) < 4.78 is 0. The molecule has 6 nitrogen and oxygen atoms in total. The molecular weight excluding hydrogens is 296 g/mol. The van der Waals surface area contributed by atoms with Gasteiger partial charge in [0.25, 0.3) is 0 Å². The first kappa shape index (κ1) is 21.1. The van der Waals surface area contributed by atoms with E-state index in [0.29, 0.717) is 5.92 Å². The van der Waals surface area contributed by atoms with Crippen LogP contribution in [0, 0.1) is 11.3 Å². The molecule has 130 valence electrons. The van der Waals surface area contributed by atoms with Gasteiger partial charge in [-0.1, -0.05) is 20.8 Å². The maximum absolute atomic E-state index is 10.3. The molecule has 6 N–H and O–H groups in total. The average molecular weight is 324 g/mol. The van der Waals surface area contributed by atoms with Crippen LogP contribution in [0.15, 0.2) is 24.3 Å². The van der Waals surface area contributed by atoms with Crippen LogP contribution in [-0.4, -0.2) is 35.2 Å². The maximum Gasteiger partial charge on any atom is 0.335 e. The second-order valence-electron chi connectivity index (χ2n) is 6.44. The zero-order valence-corrected chi connectivity index (χ0v) is 14.1. The molecule has 0 aliphatic rings.